The van der Waals surface area contributed by atoms with Crippen molar-refractivity contribution in [3.63, 3.8) is 0 Å². The molecule has 0 atom stereocenters. The molecule has 6 nitrogen and oxygen atoms in total. The minimum atomic E-state index is -0.481. The zero-order chi connectivity index (χ0) is 23.2. The largest absolute Gasteiger partial charge is 0.497 e. The number of nitrogens with zero attached hydrogens (tertiary/aromatic N) is 1. The number of benzene rings is 3. The predicted octanol–water partition coefficient (Wildman–Crippen LogP) is 4.93. The number of hydrogen-bond donors (Lipinski definition) is 2. The average molecular weight is 448 g/mol. The van der Waals surface area contributed by atoms with Crippen molar-refractivity contribution in [2.45, 2.75) is 18.9 Å². The highest BCUT2D eigenvalue weighted by molar-refractivity contribution is 5.95. The summed E-state index contributed by atoms with van der Waals surface area (Å²) >= 11 is 0. The number of carbonyl (C=O) groups excluding carboxylic acids is 2. The first-order valence-corrected chi connectivity index (χ1v) is 10.9. The van der Waals surface area contributed by atoms with Crippen molar-refractivity contribution in [3.8, 4) is 16.9 Å². The Hall–Kier alpha value is -3.87. The second kappa shape index (κ2) is 10.2. The lowest BCUT2D eigenvalue weighted by Crippen LogP contribution is -2.47. The molecule has 0 unspecified atom stereocenters. The molecule has 0 spiro atoms. The molecule has 2 N–H and O–H groups in total. The number of halogens is 1. The maximum absolute atomic E-state index is 13.7. The standard InChI is InChI=1S/C26H26FN3O3/c1-33-22-6-4-5-20(17-22)18-9-11-19(12-10-18)25(31)30-15-13-21(14-16-30)28-26(32)29-24-8-3-2-7-23(24)27/h2-12,17,21H,13-16H2,1H3,(H2,28,29,32). The van der Waals surface area contributed by atoms with Gasteiger partial charge >= 0.3 is 6.03 Å². The fourth-order valence-corrected chi connectivity index (χ4v) is 3.92. The molecule has 0 radical (unpaired) electrons. The molecule has 1 aliphatic rings. The number of nitrogens with one attached hydrogen (secondary N) is 2. The Labute approximate surface area is 192 Å². The van der Waals surface area contributed by atoms with Gasteiger partial charge in [-0.15, -0.1) is 0 Å². The van der Waals surface area contributed by atoms with Gasteiger partial charge in [0.25, 0.3) is 5.91 Å². The summed E-state index contributed by atoms with van der Waals surface area (Å²) in [5.74, 6) is 0.277. The van der Waals surface area contributed by atoms with Crippen LogP contribution in [0.15, 0.2) is 72.8 Å². The van der Waals surface area contributed by atoms with Gasteiger partial charge in [0.2, 0.25) is 0 Å². The summed E-state index contributed by atoms with van der Waals surface area (Å²) in [5.41, 5.74) is 2.80. The summed E-state index contributed by atoms with van der Waals surface area (Å²) in [6.07, 6.45) is 1.27. The van der Waals surface area contributed by atoms with Crippen molar-refractivity contribution in [2.24, 2.45) is 0 Å². The van der Waals surface area contributed by atoms with Crippen LogP contribution in [-0.2, 0) is 0 Å². The minimum absolute atomic E-state index is 0.0264. The van der Waals surface area contributed by atoms with E-state index >= 15 is 0 Å². The van der Waals surface area contributed by atoms with Gasteiger partial charge < -0.3 is 20.3 Å². The number of para-hydroxylation sites is 1. The van der Waals surface area contributed by atoms with Gasteiger partial charge in [0.05, 0.1) is 12.8 Å². The Bertz CT molecular complexity index is 1130. The van der Waals surface area contributed by atoms with Gasteiger partial charge in [-0.05, 0) is 60.4 Å². The monoisotopic (exact) mass is 447 g/mol. The van der Waals surface area contributed by atoms with E-state index in [9.17, 15) is 14.0 Å². The molecular formula is C26H26FN3O3. The number of likely N-dealkylation sites (tertiary alicyclic amines) is 1. The molecule has 0 aromatic heterocycles. The molecule has 3 aromatic rings. The molecule has 3 amide bonds. The van der Waals surface area contributed by atoms with Crippen LogP contribution in [0.2, 0.25) is 0 Å². The molecule has 1 aliphatic heterocycles. The van der Waals surface area contributed by atoms with Crippen LogP contribution >= 0.6 is 0 Å². The van der Waals surface area contributed by atoms with E-state index in [1.54, 1.807) is 24.1 Å². The number of piperidine rings is 1. The fraction of sp³-hybridized carbons (Fsp3) is 0.231. The first kappa shape index (κ1) is 22.3. The number of methoxy groups -OCH3 is 1. The zero-order valence-corrected chi connectivity index (χ0v) is 18.4. The summed E-state index contributed by atoms with van der Waals surface area (Å²) in [7, 11) is 1.63. The summed E-state index contributed by atoms with van der Waals surface area (Å²) < 4.78 is 19.0. The van der Waals surface area contributed by atoms with E-state index in [2.05, 4.69) is 10.6 Å². The number of urea groups is 1. The molecule has 0 aliphatic carbocycles. The van der Waals surface area contributed by atoms with E-state index < -0.39 is 11.8 Å². The minimum Gasteiger partial charge on any atom is -0.497 e. The van der Waals surface area contributed by atoms with Gasteiger partial charge in [-0.3, -0.25) is 4.79 Å². The van der Waals surface area contributed by atoms with Gasteiger partial charge in [-0.25, -0.2) is 9.18 Å². The summed E-state index contributed by atoms with van der Waals surface area (Å²) in [5, 5.41) is 5.39. The second-order valence-electron chi connectivity index (χ2n) is 7.95. The third-order valence-corrected chi connectivity index (χ3v) is 5.77. The number of ether oxygens (including phenoxy) is 1. The number of hydrogen-bond acceptors (Lipinski definition) is 3. The van der Waals surface area contributed by atoms with Crippen LogP contribution in [0.25, 0.3) is 11.1 Å². The Balaban J connectivity index is 1.30. The molecule has 170 valence electrons. The van der Waals surface area contributed by atoms with Crippen LogP contribution in [0.4, 0.5) is 14.9 Å². The van der Waals surface area contributed by atoms with Gasteiger partial charge in [0, 0.05) is 24.7 Å². The summed E-state index contributed by atoms with van der Waals surface area (Å²) in [6.45, 7) is 1.09. The Morgan fingerprint density at radius 3 is 2.36 bits per heavy atom. The van der Waals surface area contributed by atoms with Crippen molar-refractivity contribution >= 4 is 17.6 Å². The van der Waals surface area contributed by atoms with Crippen LogP contribution in [0, 0.1) is 5.82 Å². The van der Waals surface area contributed by atoms with Crippen molar-refractivity contribution in [1.82, 2.24) is 10.2 Å². The quantitative estimate of drug-likeness (QED) is 0.583. The maximum Gasteiger partial charge on any atom is 0.319 e. The molecule has 7 heteroatoms. The van der Waals surface area contributed by atoms with Crippen molar-refractivity contribution < 1.29 is 18.7 Å². The predicted molar refractivity (Wildman–Crippen MR) is 126 cm³/mol. The van der Waals surface area contributed by atoms with E-state index in [1.165, 1.54) is 12.1 Å². The van der Waals surface area contributed by atoms with Crippen molar-refractivity contribution in [1.29, 1.82) is 0 Å². The van der Waals surface area contributed by atoms with Crippen molar-refractivity contribution in [2.75, 3.05) is 25.5 Å². The molecule has 1 saturated heterocycles. The Kier molecular flexibility index (Phi) is 6.88. The highest BCUT2D eigenvalue weighted by Gasteiger charge is 2.25. The summed E-state index contributed by atoms with van der Waals surface area (Å²) in [4.78, 5) is 26.9. The zero-order valence-electron chi connectivity index (χ0n) is 18.4. The van der Waals surface area contributed by atoms with Gasteiger partial charge in [0.15, 0.2) is 0 Å². The lowest BCUT2D eigenvalue weighted by atomic mass is 10.0. The third kappa shape index (κ3) is 5.49. The highest BCUT2D eigenvalue weighted by atomic mass is 19.1. The third-order valence-electron chi connectivity index (χ3n) is 5.77. The molecule has 1 fully saturated rings. The van der Waals surface area contributed by atoms with Crippen LogP contribution in [0.1, 0.15) is 23.2 Å². The smallest absolute Gasteiger partial charge is 0.319 e. The normalized spacial score (nSPS) is 13.9. The van der Waals surface area contributed by atoms with E-state index in [0.717, 1.165) is 16.9 Å². The molecule has 33 heavy (non-hydrogen) atoms. The molecule has 3 aromatic carbocycles. The molecular weight excluding hydrogens is 421 g/mol. The van der Waals surface area contributed by atoms with Gasteiger partial charge in [0.1, 0.15) is 11.6 Å². The Morgan fingerprint density at radius 1 is 0.939 bits per heavy atom. The fourth-order valence-electron chi connectivity index (χ4n) is 3.92. The molecule has 4 rings (SSSR count). The average Bonchev–Trinajstić information content (AvgIpc) is 2.85. The van der Waals surface area contributed by atoms with Crippen LogP contribution in [-0.4, -0.2) is 43.1 Å². The molecule has 0 bridgehead atoms. The summed E-state index contributed by atoms with van der Waals surface area (Å²) in [6, 6.07) is 20.8. The lowest BCUT2D eigenvalue weighted by molar-refractivity contribution is 0.0709. The SMILES string of the molecule is COc1cccc(-c2ccc(C(=O)N3CCC(NC(=O)Nc4ccccc4F)CC3)cc2)c1. The molecule has 1 heterocycles. The number of rotatable bonds is 5. The number of amides is 3. The van der Waals surface area contributed by atoms with E-state index in [-0.39, 0.29) is 17.6 Å². The first-order valence-electron chi connectivity index (χ1n) is 10.9. The van der Waals surface area contributed by atoms with Crippen molar-refractivity contribution in [3.05, 3.63) is 84.2 Å². The number of anilines is 1. The van der Waals surface area contributed by atoms with Crippen LogP contribution < -0.4 is 15.4 Å². The van der Waals surface area contributed by atoms with E-state index in [4.69, 9.17) is 4.74 Å². The second-order valence-corrected chi connectivity index (χ2v) is 7.95. The topological polar surface area (TPSA) is 70.7 Å². The Morgan fingerprint density at radius 2 is 1.67 bits per heavy atom. The maximum atomic E-state index is 13.7. The first-order chi connectivity index (χ1) is 16.0. The number of carbonyl (C=O) groups is 2. The highest BCUT2D eigenvalue weighted by Crippen LogP contribution is 2.25. The van der Waals surface area contributed by atoms with Gasteiger partial charge in [-0.1, -0.05) is 36.4 Å². The van der Waals surface area contributed by atoms with Gasteiger partial charge in [-0.2, -0.15) is 0 Å². The van der Waals surface area contributed by atoms with E-state index in [1.807, 2.05) is 48.5 Å². The van der Waals surface area contributed by atoms with E-state index in [0.29, 0.717) is 31.5 Å². The lowest BCUT2D eigenvalue weighted by Gasteiger charge is -2.32. The molecule has 0 saturated carbocycles. The van der Waals surface area contributed by atoms with Crippen LogP contribution in [0.3, 0.4) is 0 Å². The van der Waals surface area contributed by atoms with Crippen LogP contribution in [0.5, 0.6) is 5.75 Å².